The highest BCUT2D eigenvalue weighted by atomic mass is 32.2. The van der Waals surface area contributed by atoms with Crippen LogP contribution in [0.5, 0.6) is 5.88 Å². The summed E-state index contributed by atoms with van der Waals surface area (Å²) >= 11 is 0. The van der Waals surface area contributed by atoms with Crippen LogP contribution in [0.2, 0.25) is 0 Å². The van der Waals surface area contributed by atoms with E-state index in [0.717, 1.165) is 16.7 Å². The number of ether oxygens (including phenoxy) is 1. The van der Waals surface area contributed by atoms with Crippen molar-refractivity contribution in [3.8, 4) is 23.1 Å². The third-order valence-corrected chi connectivity index (χ3v) is 8.22. The number of nitrogens with zero attached hydrogens (tertiary/aromatic N) is 4. The van der Waals surface area contributed by atoms with Crippen LogP contribution < -0.4 is 5.56 Å². The first-order valence-corrected chi connectivity index (χ1v) is 13.9. The minimum absolute atomic E-state index is 0.0796. The summed E-state index contributed by atoms with van der Waals surface area (Å²) in [4.78, 5) is 21.1. The molecule has 0 saturated heterocycles. The number of aryl methyl sites for hydroxylation is 1. The lowest BCUT2D eigenvalue weighted by molar-refractivity contribution is 0.122. The lowest BCUT2D eigenvalue weighted by Crippen LogP contribution is -2.33. The van der Waals surface area contributed by atoms with Crippen molar-refractivity contribution < 1.29 is 18.3 Å². The first-order valence-electron chi connectivity index (χ1n) is 12.4. The maximum atomic E-state index is 13.9. The van der Waals surface area contributed by atoms with Gasteiger partial charge in [0.25, 0.3) is 5.56 Å². The Morgan fingerprint density at radius 2 is 1.87 bits per heavy atom. The quantitative estimate of drug-likeness (QED) is 0.324. The average molecular weight is 545 g/mol. The van der Waals surface area contributed by atoms with Gasteiger partial charge >= 0.3 is 0 Å². The molecule has 0 radical (unpaired) electrons. The van der Waals surface area contributed by atoms with Gasteiger partial charge in [0.15, 0.2) is 4.90 Å². The summed E-state index contributed by atoms with van der Waals surface area (Å²) < 4.78 is 34.2. The summed E-state index contributed by atoms with van der Waals surface area (Å²) in [5, 5.41) is 20.1. The van der Waals surface area contributed by atoms with Gasteiger partial charge in [-0.3, -0.25) is 14.3 Å². The number of hydrogen-bond acceptors (Lipinski definition) is 8. The molecule has 2 aromatic carbocycles. The number of pyridine rings is 1. The van der Waals surface area contributed by atoms with Gasteiger partial charge in [0.2, 0.25) is 15.7 Å². The van der Waals surface area contributed by atoms with Gasteiger partial charge in [0, 0.05) is 19.0 Å². The predicted molar refractivity (Wildman–Crippen MR) is 145 cm³/mol. The molecule has 9 nitrogen and oxygen atoms in total. The van der Waals surface area contributed by atoms with Crippen molar-refractivity contribution >= 4 is 9.84 Å². The van der Waals surface area contributed by atoms with Crippen LogP contribution in [-0.2, 0) is 21.2 Å². The Labute approximate surface area is 226 Å². The molecule has 0 spiro atoms. The molecule has 1 atom stereocenters. The minimum atomic E-state index is -4.46. The summed E-state index contributed by atoms with van der Waals surface area (Å²) in [7, 11) is -4.46. The molecule has 0 aliphatic carbocycles. The second kappa shape index (κ2) is 11.6. The van der Waals surface area contributed by atoms with Crippen molar-refractivity contribution in [2.24, 2.45) is 0 Å². The molecular weight excluding hydrogens is 516 g/mol. The Balaban J connectivity index is 1.88. The molecule has 39 heavy (non-hydrogen) atoms. The summed E-state index contributed by atoms with van der Waals surface area (Å²) in [6.45, 7) is 5.71. The van der Waals surface area contributed by atoms with E-state index in [1.165, 1.54) is 16.7 Å². The lowest BCUT2D eigenvalue weighted by atomic mass is 10.0. The highest BCUT2D eigenvalue weighted by molar-refractivity contribution is 7.91. The van der Waals surface area contributed by atoms with Crippen LogP contribution in [0.25, 0.3) is 11.1 Å². The first-order chi connectivity index (χ1) is 18.7. The molecular formula is C29H28N4O5S. The molecule has 2 aromatic heterocycles. The third kappa shape index (κ3) is 5.46. The van der Waals surface area contributed by atoms with E-state index >= 15 is 0 Å². The Morgan fingerprint density at radius 3 is 2.51 bits per heavy atom. The van der Waals surface area contributed by atoms with Crippen molar-refractivity contribution in [2.45, 2.75) is 49.6 Å². The Hall–Kier alpha value is -4.33. The Kier molecular flexibility index (Phi) is 8.24. The standard InChI is InChI=1S/C29H28N4O5S/c1-4-25(22-8-6-7-20(15-22)16-30)33-26(18-38-5-2)32-28(34)27(29(33)35)39(36,37)23-11-9-21(10-12-23)24-13-14-31-17-19(24)3/h6-15,17,25,34H,4-5,18H2,1-3H3/t25-/m0/s1. The highest BCUT2D eigenvalue weighted by Gasteiger charge is 2.31. The largest absolute Gasteiger partial charge is 0.492 e. The van der Waals surface area contributed by atoms with Gasteiger partial charge < -0.3 is 9.84 Å². The molecule has 4 rings (SSSR count). The Bertz CT molecular complexity index is 1710. The second-order valence-corrected chi connectivity index (χ2v) is 10.8. The van der Waals surface area contributed by atoms with Crippen molar-refractivity contribution in [3.05, 3.63) is 99.9 Å². The van der Waals surface area contributed by atoms with Crippen molar-refractivity contribution in [1.29, 1.82) is 5.26 Å². The molecule has 0 aliphatic heterocycles. The van der Waals surface area contributed by atoms with E-state index in [0.29, 0.717) is 24.2 Å². The minimum Gasteiger partial charge on any atom is -0.492 e. The van der Waals surface area contributed by atoms with Gasteiger partial charge in [-0.05, 0) is 72.9 Å². The van der Waals surface area contributed by atoms with Crippen LogP contribution in [0.4, 0.5) is 0 Å². The van der Waals surface area contributed by atoms with Gasteiger partial charge in [-0.1, -0.05) is 31.2 Å². The van der Waals surface area contributed by atoms with E-state index in [1.54, 1.807) is 55.7 Å². The van der Waals surface area contributed by atoms with Crippen LogP contribution in [0.1, 0.15) is 48.8 Å². The molecule has 4 aromatic rings. The monoisotopic (exact) mass is 544 g/mol. The van der Waals surface area contributed by atoms with Crippen LogP contribution in [0.15, 0.2) is 81.6 Å². The zero-order valence-corrected chi connectivity index (χ0v) is 22.6. The number of aromatic nitrogens is 3. The maximum absolute atomic E-state index is 13.9. The molecule has 0 unspecified atom stereocenters. The summed E-state index contributed by atoms with van der Waals surface area (Å²) in [6.07, 6.45) is 3.76. The zero-order valence-electron chi connectivity index (χ0n) is 21.8. The summed E-state index contributed by atoms with van der Waals surface area (Å²) in [6, 6.07) is 16.1. The van der Waals surface area contributed by atoms with Crippen molar-refractivity contribution in [3.63, 3.8) is 0 Å². The molecule has 0 amide bonds. The zero-order chi connectivity index (χ0) is 28.2. The fourth-order valence-corrected chi connectivity index (χ4v) is 5.86. The Morgan fingerprint density at radius 1 is 1.13 bits per heavy atom. The van der Waals surface area contributed by atoms with Crippen LogP contribution in [0, 0.1) is 18.3 Å². The van der Waals surface area contributed by atoms with Crippen LogP contribution in [-0.4, -0.2) is 34.7 Å². The molecule has 200 valence electrons. The number of rotatable bonds is 9. The van der Waals surface area contributed by atoms with E-state index in [9.17, 15) is 23.6 Å². The maximum Gasteiger partial charge on any atom is 0.277 e. The molecule has 10 heteroatoms. The van der Waals surface area contributed by atoms with E-state index in [2.05, 4.69) is 16.0 Å². The van der Waals surface area contributed by atoms with Gasteiger partial charge in [-0.25, -0.2) is 8.42 Å². The van der Waals surface area contributed by atoms with E-state index in [1.807, 2.05) is 19.9 Å². The van der Waals surface area contributed by atoms with E-state index < -0.39 is 32.2 Å². The summed E-state index contributed by atoms with van der Waals surface area (Å²) in [5.41, 5.74) is 2.71. The van der Waals surface area contributed by atoms with Crippen molar-refractivity contribution in [1.82, 2.24) is 14.5 Å². The molecule has 2 heterocycles. The molecule has 0 aliphatic rings. The van der Waals surface area contributed by atoms with E-state index in [4.69, 9.17) is 4.74 Å². The molecule has 1 N–H and O–H groups in total. The van der Waals surface area contributed by atoms with Gasteiger partial charge in [0.05, 0.1) is 22.6 Å². The third-order valence-electron chi connectivity index (χ3n) is 6.43. The fourth-order valence-electron chi connectivity index (χ4n) is 4.51. The van der Waals surface area contributed by atoms with E-state index in [-0.39, 0.29) is 17.3 Å². The molecule has 0 fully saturated rings. The average Bonchev–Trinajstić information content (AvgIpc) is 2.94. The summed E-state index contributed by atoms with van der Waals surface area (Å²) in [5.74, 6) is -0.809. The van der Waals surface area contributed by atoms with Gasteiger partial charge in [0.1, 0.15) is 12.4 Å². The number of nitriles is 1. The van der Waals surface area contributed by atoms with Gasteiger partial charge in [-0.15, -0.1) is 0 Å². The molecule has 0 bridgehead atoms. The number of benzene rings is 2. The number of aromatic hydroxyl groups is 1. The van der Waals surface area contributed by atoms with Gasteiger partial charge in [-0.2, -0.15) is 10.2 Å². The predicted octanol–water partition coefficient (Wildman–Crippen LogP) is 4.56. The molecule has 0 saturated carbocycles. The first kappa shape index (κ1) is 27.7. The lowest BCUT2D eigenvalue weighted by Gasteiger charge is -2.23. The number of hydrogen-bond donors (Lipinski definition) is 1. The normalized spacial score (nSPS) is 12.2. The second-order valence-electron chi connectivity index (χ2n) is 8.87. The fraction of sp³-hybridized carbons (Fsp3) is 0.241. The topological polar surface area (TPSA) is 135 Å². The number of sulfone groups is 1. The van der Waals surface area contributed by atoms with Crippen LogP contribution >= 0.6 is 0 Å². The SMILES string of the molecule is CCOCc1nc(O)c(S(=O)(=O)c2ccc(-c3ccncc3C)cc2)c(=O)n1[C@@H](CC)c1cccc(C#N)c1. The van der Waals surface area contributed by atoms with Crippen molar-refractivity contribution in [2.75, 3.05) is 6.61 Å². The smallest absolute Gasteiger partial charge is 0.277 e. The highest BCUT2D eigenvalue weighted by Crippen LogP contribution is 2.30. The van der Waals surface area contributed by atoms with Crippen LogP contribution in [0.3, 0.4) is 0 Å².